The highest BCUT2D eigenvalue weighted by Gasteiger charge is 2.24. The second-order valence-corrected chi connectivity index (χ2v) is 8.40. The number of carbonyl (C=O) groups excluding carboxylic acids is 2. The van der Waals surface area contributed by atoms with Crippen LogP contribution in [-0.4, -0.2) is 45.4 Å². The molecule has 2 aromatic rings. The Morgan fingerprint density at radius 2 is 1.86 bits per heavy atom. The Morgan fingerprint density at radius 1 is 1.14 bits per heavy atom. The number of methoxy groups -OCH3 is 1. The van der Waals surface area contributed by atoms with Gasteiger partial charge in [-0.1, -0.05) is 18.2 Å². The van der Waals surface area contributed by atoms with Crippen molar-refractivity contribution in [3.8, 4) is 5.75 Å². The Balaban J connectivity index is 2.20. The van der Waals surface area contributed by atoms with Gasteiger partial charge in [-0.25, -0.2) is 12.8 Å². The van der Waals surface area contributed by atoms with Crippen molar-refractivity contribution in [1.82, 2.24) is 5.32 Å². The maximum atomic E-state index is 13.3. The predicted octanol–water partition coefficient (Wildman–Crippen LogP) is 2.01. The first-order valence-electron chi connectivity index (χ1n) is 8.37. The maximum Gasteiger partial charge on any atom is 0.255 e. The molecule has 0 radical (unpaired) electrons. The minimum Gasteiger partial charge on any atom is -0.496 e. The van der Waals surface area contributed by atoms with Crippen LogP contribution in [0.3, 0.4) is 0 Å². The number of para-hydroxylation sites is 1. The Bertz CT molecular complexity index is 962. The Kier molecular flexibility index (Phi) is 7.11. The number of nitrogens with one attached hydrogen (secondary N) is 2. The summed E-state index contributed by atoms with van der Waals surface area (Å²) >= 11 is 0. The molecule has 28 heavy (non-hydrogen) atoms. The second kappa shape index (κ2) is 9.32. The molecule has 0 aromatic heterocycles. The molecule has 0 aliphatic carbocycles. The zero-order valence-corrected chi connectivity index (χ0v) is 16.3. The van der Waals surface area contributed by atoms with Crippen molar-refractivity contribution in [2.24, 2.45) is 0 Å². The van der Waals surface area contributed by atoms with Crippen molar-refractivity contribution in [2.75, 3.05) is 24.4 Å². The normalized spacial score (nSPS) is 12.1. The van der Waals surface area contributed by atoms with E-state index in [1.165, 1.54) is 31.4 Å². The van der Waals surface area contributed by atoms with Crippen molar-refractivity contribution >= 4 is 27.3 Å². The zero-order chi connectivity index (χ0) is 20.7. The van der Waals surface area contributed by atoms with Gasteiger partial charge in [-0.3, -0.25) is 9.59 Å². The third kappa shape index (κ3) is 6.34. The molecule has 7 nitrogen and oxygen atoms in total. The number of sulfone groups is 1. The van der Waals surface area contributed by atoms with Gasteiger partial charge in [-0.2, -0.15) is 0 Å². The summed E-state index contributed by atoms with van der Waals surface area (Å²) in [6, 6.07) is 10.5. The van der Waals surface area contributed by atoms with E-state index in [1.54, 1.807) is 18.2 Å². The van der Waals surface area contributed by atoms with Crippen LogP contribution in [0.4, 0.5) is 10.1 Å². The van der Waals surface area contributed by atoms with Crippen LogP contribution < -0.4 is 15.4 Å². The van der Waals surface area contributed by atoms with Gasteiger partial charge in [0, 0.05) is 11.9 Å². The highest BCUT2D eigenvalue weighted by atomic mass is 32.2. The number of hydrogen-bond donors (Lipinski definition) is 2. The lowest BCUT2D eigenvalue weighted by Crippen LogP contribution is -2.44. The molecule has 0 heterocycles. The van der Waals surface area contributed by atoms with Gasteiger partial charge in [0.05, 0.1) is 18.4 Å². The number of carbonyl (C=O) groups is 2. The van der Waals surface area contributed by atoms with Crippen LogP contribution in [0.15, 0.2) is 48.5 Å². The molecule has 0 aliphatic rings. The standard InChI is InChI=1S/C19H21FN2O5S/c1-27-17-9-4-3-8-15(17)18(23)22-16(10-11-28(2,25)26)19(24)21-14-7-5-6-13(20)12-14/h3-9,12,16H,10-11H2,1-2H3,(H,21,24)(H,22,23)/t16-/m1/s1. The van der Waals surface area contributed by atoms with Gasteiger partial charge < -0.3 is 15.4 Å². The molecule has 2 aromatic carbocycles. The summed E-state index contributed by atoms with van der Waals surface area (Å²) in [5.41, 5.74) is 0.397. The Morgan fingerprint density at radius 3 is 2.50 bits per heavy atom. The summed E-state index contributed by atoms with van der Waals surface area (Å²) in [7, 11) is -1.95. The molecule has 2 rings (SSSR count). The van der Waals surface area contributed by atoms with E-state index in [-0.39, 0.29) is 23.4 Å². The molecule has 9 heteroatoms. The number of amides is 2. The molecule has 2 amide bonds. The van der Waals surface area contributed by atoms with Gasteiger partial charge in [-0.15, -0.1) is 0 Å². The molecule has 0 fully saturated rings. The van der Waals surface area contributed by atoms with E-state index >= 15 is 0 Å². The van der Waals surface area contributed by atoms with Gasteiger partial charge >= 0.3 is 0 Å². The monoisotopic (exact) mass is 408 g/mol. The van der Waals surface area contributed by atoms with Crippen LogP contribution in [-0.2, 0) is 14.6 Å². The fraction of sp³-hybridized carbons (Fsp3) is 0.263. The number of ether oxygens (including phenoxy) is 1. The summed E-state index contributed by atoms with van der Waals surface area (Å²) in [4.78, 5) is 25.2. The summed E-state index contributed by atoms with van der Waals surface area (Å²) in [5, 5.41) is 5.01. The fourth-order valence-corrected chi connectivity index (χ4v) is 3.13. The first-order valence-corrected chi connectivity index (χ1v) is 10.4. The van der Waals surface area contributed by atoms with Crippen molar-refractivity contribution in [1.29, 1.82) is 0 Å². The van der Waals surface area contributed by atoms with Crippen LogP contribution in [0, 0.1) is 5.82 Å². The number of anilines is 1. The number of benzene rings is 2. The molecule has 0 unspecified atom stereocenters. The smallest absolute Gasteiger partial charge is 0.255 e. The topological polar surface area (TPSA) is 102 Å². The van der Waals surface area contributed by atoms with E-state index in [4.69, 9.17) is 4.74 Å². The van der Waals surface area contributed by atoms with Gasteiger partial charge in [-0.05, 0) is 36.8 Å². The van der Waals surface area contributed by atoms with Crippen molar-refractivity contribution in [3.63, 3.8) is 0 Å². The van der Waals surface area contributed by atoms with E-state index in [9.17, 15) is 22.4 Å². The van der Waals surface area contributed by atoms with Crippen molar-refractivity contribution in [2.45, 2.75) is 12.5 Å². The molecular formula is C19H21FN2O5S. The van der Waals surface area contributed by atoms with Gasteiger partial charge in [0.1, 0.15) is 27.4 Å². The van der Waals surface area contributed by atoms with Crippen LogP contribution in [0.5, 0.6) is 5.75 Å². The average molecular weight is 408 g/mol. The Hall–Kier alpha value is -2.94. The lowest BCUT2D eigenvalue weighted by Gasteiger charge is -2.19. The van der Waals surface area contributed by atoms with Crippen molar-refractivity contribution < 1.29 is 27.1 Å². The van der Waals surface area contributed by atoms with Gasteiger partial charge in [0.25, 0.3) is 5.91 Å². The fourth-order valence-electron chi connectivity index (χ4n) is 2.46. The molecule has 0 saturated heterocycles. The second-order valence-electron chi connectivity index (χ2n) is 6.14. The van der Waals surface area contributed by atoms with E-state index in [1.807, 2.05) is 0 Å². The van der Waals surface area contributed by atoms with Crippen LogP contribution >= 0.6 is 0 Å². The first-order chi connectivity index (χ1) is 13.2. The lowest BCUT2D eigenvalue weighted by atomic mass is 10.1. The van der Waals surface area contributed by atoms with Crippen molar-refractivity contribution in [3.05, 3.63) is 59.9 Å². The molecule has 150 valence electrons. The number of halogens is 1. The van der Waals surface area contributed by atoms with E-state index < -0.39 is 33.5 Å². The molecule has 1 atom stereocenters. The van der Waals surface area contributed by atoms with Gasteiger partial charge in [0.15, 0.2) is 0 Å². The molecule has 0 aliphatic heterocycles. The lowest BCUT2D eigenvalue weighted by molar-refractivity contribution is -0.118. The average Bonchev–Trinajstić information content (AvgIpc) is 2.64. The number of rotatable bonds is 8. The van der Waals surface area contributed by atoms with Gasteiger partial charge in [0.2, 0.25) is 5.91 Å². The molecule has 0 saturated carbocycles. The molecular weight excluding hydrogens is 387 g/mol. The Labute approximate surface area is 162 Å². The maximum absolute atomic E-state index is 13.3. The third-order valence-corrected chi connectivity index (χ3v) is 4.82. The summed E-state index contributed by atoms with van der Waals surface area (Å²) < 4.78 is 41.5. The quantitative estimate of drug-likeness (QED) is 0.696. The first kappa shape index (κ1) is 21.4. The third-order valence-electron chi connectivity index (χ3n) is 3.84. The highest BCUT2D eigenvalue weighted by molar-refractivity contribution is 7.90. The summed E-state index contributed by atoms with van der Waals surface area (Å²) in [6.07, 6.45) is 0.900. The van der Waals surface area contributed by atoms with E-state index in [0.717, 1.165) is 12.3 Å². The minimum atomic E-state index is -3.36. The summed E-state index contributed by atoms with van der Waals surface area (Å²) in [6.45, 7) is 0. The van der Waals surface area contributed by atoms with Crippen LogP contribution in [0.2, 0.25) is 0 Å². The minimum absolute atomic E-state index is 0.138. The van der Waals surface area contributed by atoms with E-state index in [0.29, 0.717) is 5.75 Å². The van der Waals surface area contributed by atoms with E-state index in [2.05, 4.69) is 10.6 Å². The largest absolute Gasteiger partial charge is 0.496 e. The molecule has 0 spiro atoms. The summed E-state index contributed by atoms with van der Waals surface area (Å²) in [5.74, 6) is -1.78. The zero-order valence-electron chi connectivity index (χ0n) is 15.4. The predicted molar refractivity (Wildman–Crippen MR) is 104 cm³/mol. The molecule has 2 N–H and O–H groups in total. The molecule has 0 bridgehead atoms. The van der Waals surface area contributed by atoms with Crippen LogP contribution in [0.25, 0.3) is 0 Å². The van der Waals surface area contributed by atoms with Crippen LogP contribution in [0.1, 0.15) is 16.8 Å². The number of hydrogen-bond acceptors (Lipinski definition) is 5. The highest BCUT2D eigenvalue weighted by Crippen LogP contribution is 2.18. The SMILES string of the molecule is COc1ccccc1C(=O)N[C@H](CCS(C)(=O)=O)C(=O)Nc1cccc(F)c1.